The molecule has 2 fully saturated rings. The summed E-state index contributed by atoms with van der Waals surface area (Å²) in [6.07, 6.45) is 8.52. The summed E-state index contributed by atoms with van der Waals surface area (Å²) in [5.41, 5.74) is 3.99. The number of hydrogen-bond acceptors (Lipinski definition) is 5. The Morgan fingerprint density at radius 3 is 2.67 bits per heavy atom. The van der Waals surface area contributed by atoms with E-state index in [1.165, 1.54) is 12.8 Å². The van der Waals surface area contributed by atoms with Crippen LogP contribution in [0.25, 0.3) is 0 Å². The molecule has 2 bridgehead atoms. The molecule has 4 heterocycles. The third kappa shape index (κ3) is 3.37. The standard InChI is InChI=1S/C21H34N3O2P/c1-5-24-14-23-13-16-11-17(20(26-4)27-19(12-16)25-3)15(2)10-18(23)21(24)6-8-22-9-7-21/h10,12,15-17,22H,5-9,11,13-14H2,1-4H3/b18-10-. The second-order valence-electron chi connectivity index (χ2n) is 8.38. The van der Waals surface area contributed by atoms with E-state index < -0.39 is 0 Å². The zero-order valence-corrected chi connectivity index (χ0v) is 18.1. The lowest BCUT2D eigenvalue weighted by Crippen LogP contribution is -2.52. The molecular weight excluding hydrogens is 357 g/mol. The molecular formula is C21H34N3O2P. The third-order valence-electron chi connectivity index (χ3n) is 6.98. The van der Waals surface area contributed by atoms with E-state index >= 15 is 0 Å². The summed E-state index contributed by atoms with van der Waals surface area (Å²) in [4.78, 5) is 5.39. The van der Waals surface area contributed by atoms with Gasteiger partial charge in [0.2, 0.25) is 0 Å². The fourth-order valence-electron chi connectivity index (χ4n) is 5.56. The van der Waals surface area contributed by atoms with Gasteiger partial charge in [0.1, 0.15) is 5.50 Å². The fraction of sp³-hybridized carbons (Fsp3) is 0.762. The molecule has 1 spiro atoms. The minimum absolute atomic E-state index is 0.216. The number of ether oxygens (including phenoxy) is 2. The Morgan fingerprint density at radius 1 is 1.22 bits per heavy atom. The van der Waals surface area contributed by atoms with Crippen molar-refractivity contribution < 1.29 is 9.47 Å². The number of nitrogens with zero attached hydrogens (tertiary/aromatic N) is 2. The summed E-state index contributed by atoms with van der Waals surface area (Å²) in [6, 6.07) is 0. The zero-order chi connectivity index (χ0) is 19.0. The number of nitrogens with one attached hydrogen (secondary N) is 1. The first-order valence-electron chi connectivity index (χ1n) is 10.4. The van der Waals surface area contributed by atoms with Crippen LogP contribution in [0.3, 0.4) is 0 Å². The summed E-state index contributed by atoms with van der Waals surface area (Å²) in [5, 5.41) is 3.57. The van der Waals surface area contributed by atoms with E-state index in [0.29, 0.717) is 17.8 Å². The van der Waals surface area contributed by atoms with Gasteiger partial charge in [-0.2, -0.15) is 0 Å². The maximum atomic E-state index is 5.87. The number of fused-ring (bicyclic) bond motifs is 4. The Labute approximate surface area is 165 Å². The van der Waals surface area contributed by atoms with E-state index in [1.807, 2.05) is 7.11 Å². The predicted octanol–water partition coefficient (Wildman–Crippen LogP) is 3.08. The van der Waals surface area contributed by atoms with Crippen LogP contribution < -0.4 is 5.32 Å². The fourth-order valence-corrected chi connectivity index (χ4v) is 6.75. The molecule has 27 heavy (non-hydrogen) atoms. The van der Waals surface area contributed by atoms with Gasteiger partial charge in [-0.1, -0.05) is 19.9 Å². The quantitative estimate of drug-likeness (QED) is 0.749. The van der Waals surface area contributed by atoms with Gasteiger partial charge >= 0.3 is 0 Å². The average molecular weight is 391 g/mol. The Bertz CT molecular complexity index is 654. The van der Waals surface area contributed by atoms with Crippen molar-refractivity contribution in [2.24, 2.45) is 17.8 Å². The topological polar surface area (TPSA) is 37.0 Å². The maximum absolute atomic E-state index is 5.87. The molecule has 0 aliphatic carbocycles. The highest BCUT2D eigenvalue weighted by Crippen LogP contribution is 2.46. The molecule has 3 atom stereocenters. The van der Waals surface area contributed by atoms with Crippen LogP contribution in [0.15, 0.2) is 23.3 Å². The molecule has 6 heteroatoms. The van der Waals surface area contributed by atoms with Crippen molar-refractivity contribution in [3.05, 3.63) is 23.3 Å². The van der Waals surface area contributed by atoms with Gasteiger partial charge in [-0.05, 0) is 56.8 Å². The lowest BCUT2D eigenvalue weighted by atomic mass is 9.78. The SMILES string of the molecule is CCN1CN2CC3C=C(OC)P=C(OC)C(C3)C(C)/C=C\2C12CCNCC2. The summed E-state index contributed by atoms with van der Waals surface area (Å²) >= 11 is 0. The molecule has 3 unspecified atom stereocenters. The molecule has 0 amide bonds. The van der Waals surface area contributed by atoms with E-state index in [2.05, 4.69) is 41.1 Å². The second kappa shape index (κ2) is 7.87. The number of methoxy groups -OCH3 is 2. The molecule has 5 nitrogen and oxygen atoms in total. The first-order valence-corrected chi connectivity index (χ1v) is 11.3. The Kier molecular flexibility index (Phi) is 5.67. The Morgan fingerprint density at radius 2 is 2.00 bits per heavy atom. The van der Waals surface area contributed by atoms with Crippen LogP contribution in [0, 0.1) is 17.8 Å². The smallest absolute Gasteiger partial charge is 0.143 e. The van der Waals surface area contributed by atoms with Gasteiger partial charge in [-0.3, -0.25) is 4.90 Å². The van der Waals surface area contributed by atoms with Crippen LogP contribution in [0.1, 0.15) is 33.1 Å². The molecule has 150 valence electrons. The molecule has 4 aliphatic heterocycles. The van der Waals surface area contributed by atoms with Crippen LogP contribution in [0.4, 0.5) is 0 Å². The van der Waals surface area contributed by atoms with Crippen LogP contribution in [-0.4, -0.2) is 67.9 Å². The minimum atomic E-state index is 0.216. The average Bonchev–Trinajstić information content (AvgIpc) is 2.84. The number of piperidine rings is 1. The van der Waals surface area contributed by atoms with E-state index in [4.69, 9.17) is 9.47 Å². The molecule has 0 aromatic rings. The van der Waals surface area contributed by atoms with E-state index in [-0.39, 0.29) is 5.54 Å². The number of rotatable bonds is 3. The van der Waals surface area contributed by atoms with Crippen LogP contribution in [-0.2, 0) is 9.47 Å². The molecule has 0 aromatic heterocycles. The van der Waals surface area contributed by atoms with Gasteiger partial charge in [-0.15, -0.1) is 0 Å². The summed E-state index contributed by atoms with van der Waals surface area (Å²) < 4.78 is 11.6. The Balaban J connectivity index is 1.76. The van der Waals surface area contributed by atoms with E-state index in [9.17, 15) is 0 Å². The summed E-state index contributed by atoms with van der Waals surface area (Å²) in [6.45, 7) is 10.2. The van der Waals surface area contributed by atoms with Crippen molar-refractivity contribution in [2.45, 2.75) is 38.6 Å². The highest BCUT2D eigenvalue weighted by Gasteiger charge is 2.49. The Hall–Kier alpha value is -0.870. The van der Waals surface area contributed by atoms with Gasteiger partial charge in [0.25, 0.3) is 0 Å². The third-order valence-corrected chi connectivity index (χ3v) is 8.26. The lowest BCUT2D eigenvalue weighted by molar-refractivity contribution is 0.124. The monoisotopic (exact) mass is 391 g/mol. The minimum Gasteiger partial charge on any atom is -0.493 e. The molecule has 0 aromatic carbocycles. The van der Waals surface area contributed by atoms with Crippen molar-refractivity contribution in [1.82, 2.24) is 15.1 Å². The highest BCUT2D eigenvalue weighted by molar-refractivity contribution is 7.44. The number of allylic oxidation sites excluding steroid dienone is 1. The van der Waals surface area contributed by atoms with Gasteiger partial charge < -0.3 is 19.7 Å². The maximum Gasteiger partial charge on any atom is 0.143 e. The van der Waals surface area contributed by atoms with Gasteiger partial charge in [0, 0.05) is 33.5 Å². The van der Waals surface area contributed by atoms with E-state index in [1.54, 1.807) is 12.8 Å². The number of hydrogen-bond donors (Lipinski definition) is 1. The van der Waals surface area contributed by atoms with Crippen molar-refractivity contribution in [3.63, 3.8) is 0 Å². The van der Waals surface area contributed by atoms with Gasteiger partial charge in [0.15, 0.2) is 0 Å². The first kappa shape index (κ1) is 19.4. The normalized spacial score (nSPS) is 35.9. The van der Waals surface area contributed by atoms with Crippen molar-refractivity contribution >= 4 is 13.7 Å². The molecule has 0 radical (unpaired) electrons. The second-order valence-corrected chi connectivity index (χ2v) is 9.48. The molecule has 0 saturated carbocycles. The largest absolute Gasteiger partial charge is 0.493 e. The van der Waals surface area contributed by atoms with Gasteiger partial charge in [-0.25, -0.2) is 0 Å². The number of likely N-dealkylation sites (N-methyl/N-ethyl adjacent to an activating group) is 1. The zero-order valence-electron chi connectivity index (χ0n) is 17.2. The van der Waals surface area contributed by atoms with E-state index in [0.717, 1.165) is 58.5 Å². The molecule has 4 rings (SSSR count). The molecule has 2 saturated heterocycles. The highest BCUT2D eigenvalue weighted by atomic mass is 31.1. The van der Waals surface area contributed by atoms with Crippen LogP contribution >= 0.6 is 8.20 Å². The predicted molar refractivity (Wildman–Crippen MR) is 112 cm³/mol. The molecule has 1 N–H and O–H groups in total. The molecule has 4 aliphatic rings. The summed E-state index contributed by atoms with van der Waals surface area (Å²) in [7, 11) is 4.71. The van der Waals surface area contributed by atoms with Crippen molar-refractivity contribution in [3.8, 4) is 0 Å². The van der Waals surface area contributed by atoms with Crippen LogP contribution in [0.5, 0.6) is 0 Å². The van der Waals surface area contributed by atoms with Crippen molar-refractivity contribution in [1.29, 1.82) is 0 Å². The van der Waals surface area contributed by atoms with Gasteiger partial charge in [0.05, 0.1) is 24.8 Å². The van der Waals surface area contributed by atoms with Crippen LogP contribution in [0.2, 0.25) is 0 Å². The summed E-state index contributed by atoms with van der Waals surface area (Å²) in [5.74, 6) is 1.43. The van der Waals surface area contributed by atoms with Crippen molar-refractivity contribution in [2.75, 3.05) is 47.1 Å². The lowest BCUT2D eigenvalue weighted by Gasteiger charge is -2.42. The first-order chi connectivity index (χ1) is 13.1.